The topological polar surface area (TPSA) is 103 Å². The van der Waals surface area contributed by atoms with E-state index in [1.807, 2.05) is 25.1 Å². The van der Waals surface area contributed by atoms with Gasteiger partial charge in [0.25, 0.3) is 0 Å². The molecule has 0 fully saturated rings. The Bertz CT molecular complexity index is 887. The Morgan fingerprint density at radius 3 is 2.88 bits per heavy atom. The van der Waals surface area contributed by atoms with E-state index in [1.165, 1.54) is 11.3 Å². The molecule has 1 amide bonds. The van der Waals surface area contributed by atoms with Crippen LogP contribution in [-0.2, 0) is 11.3 Å². The van der Waals surface area contributed by atoms with Crippen molar-refractivity contribution in [3.8, 4) is 11.5 Å². The quantitative estimate of drug-likeness (QED) is 0.528. The number of benzene rings is 1. The van der Waals surface area contributed by atoms with Gasteiger partial charge in [-0.25, -0.2) is 4.79 Å². The average Bonchev–Trinajstić information content (AvgIpc) is 3.16. The van der Waals surface area contributed by atoms with E-state index in [0.29, 0.717) is 10.7 Å². The number of anilines is 1. The predicted octanol–water partition coefficient (Wildman–Crippen LogP) is 2.11. The van der Waals surface area contributed by atoms with Crippen molar-refractivity contribution in [1.82, 2.24) is 20.0 Å². The molecule has 2 heterocycles. The first-order valence-corrected chi connectivity index (χ1v) is 8.85. The van der Waals surface area contributed by atoms with E-state index >= 15 is 0 Å². The Morgan fingerprint density at radius 1 is 1.33 bits per heavy atom. The fourth-order valence-corrected chi connectivity index (χ4v) is 3.51. The summed E-state index contributed by atoms with van der Waals surface area (Å²) in [7, 11) is 0. The van der Waals surface area contributed by atoms with E-state index in [2.05, 4.69) is 20.6 Å². The van der Waals surface area contributed by atoms with Crippen LogP contribution in [0.4, 0.5) is 5.13 Å². The van der Waals surface area contributed by atoms with E-state index < -0.39 is 11.7 Å². The van der Waals surface area contributed by atoms with Crippen molar-refractivity contribution in [3.05, 3.63) is 40.9 Å². The van der Waals surface area contributed by atoms with Crippen LogP contribution in [0.1, 0.15) is 6.92 Å². The number of nitrogens with one attached hydrogen (secondary N) is 1. The molecule has 0 aliphatic heterocycles. The second-order valence-electron chi connectivity index (χ2n) is 4.55. The highest BCUT2D eigenvalue weighted by molar-refractivity contribution is 8.01. The van der Waals surface area contributed by atoms with Crippen molar-refractivity contribution in [1.29, 1.82) is 0 Å². The zero-order valence-corrected chi connectivity index (χ0v) is 14.3. The number of amides is 1. The van der Waals surface area contributed by atoms with Gasteiger partial charge in [0.1, 0.15) is 6.54 Å². The van der Waals surface area contributed by atoms with Crippen LogP contribution in [0.3, 0.4) is 0 Å². The first-order valence-electron chi connectivity index (χ1n) is 7.05. The molecule has 0 saturated heterocycles. The van der Waals surface area contributed by atoms with Crippen LogP contribution >= 0.6 is 23.1 Å². The van der Waals surface area contributed by atoms with Crippen molar-refractivity contribution >= 4 is 34.1 Å². The molecule has 124 valence electrons. The van der Waals surface area contributed by atoms with Gasteiger partial charge in [0, 0.05) is 5.56 Å². The van der Waals surface area contributed by atoms with Crippen LogP contribution in [0.25, 0.3) is 11.5 Å². The molecule has 8 nitrogen and oxygen atoms in total. The maximum atomic E-state index is 12.0. The van der Waals surface area contributed by atoms with Crippen molar-refractivity contribution in [2.75, 3.05) is 11.1 Å². The highest BCUT2D eigenvalue weighted by Gasteiger charge is 2.14. The van der Waals surface area contributed by atoms with Gasteiger partial charge in [0.15, 0.2) is 4.34 Å². The molecule has 0 aliphatic carbocycles. The van der Waals surface area contributed by atoms with Crippen LogP contribution in [0.2, 0.25) is 0 Å². The molecule has 3 aromatic rings. The predicted molar refractivity (Wildman–Crippen MR) is 91.1 cm³/mol. The summed E-state index contributed by atoms with van der Waals surface area (Å²) in [5.41, 5.74) is 0.666. The van der Waals surface area contributed by atoms with Crippen molar-refractivity contribution in [2.45, 2.75) is 17.8 Å². The molecule has 24 heavy (non-hydrogen) atoms. The first kappa shape index (κ1) is 16.4. The van der Waals surface area contributed by atoms with Crippen molar-refractivity contribution in [2.24, 2.45) is 0 Å². The van der Waals surface area contributed by atoms with E-state index in [9.17, 15) is 9.59 Å². The first-order chi connectivity index (χ1) is 11.7. The molecule has 0 atom stereocenters. The lowest BCUT2D eigenvalue weighted by atomic mass is 10.2. The van der Waals surface area contributed by atoms with Gasteiger partial charge in [-0.15, -0.1) is 15.3 Å². The third-order valence-electron chi connectivity index (χ3n) is 2.84. The van der Waals surface area contributed by atoms with Crippen LogP contribution in [0.15, 0.2) is 43.9 Å². The smallest absolute Gasteiger partial charge is 0.388 e. The molecule has 1 aromatic carbocycles. The summed E-state index contributed by atoms with van der Waals surface area (Å²) in [6, 6.07) is 9.00. The minimum absolute atomic E-state index is 0.172. The number of hydrogen-bond acceptors (Lipinski definition) is 8. The SMILES string of the molecule is CCSc1nnc(NC(=O)Cn2nc(-c3ccccc3)oc2=O)s1. The summed E-state index contributed by atoms with van der Waals surface area (Å²) in [5, 5.41) is 14.8. The maximum absolute atomic E-state index is 12.0. The van der Waals surface area contributed by atoms with Crippen molar-refractivity contribution < 1.29 is 9.21 Å². The van der Waals surface area contributed by atoms with Crippen LogP contribution < -0.4 is 11.1 Å². The lowest BCUT2D eigenvalue weighted by Crippen LogP contribution is -2.25. The fourth-order valence-electron chi connectivity index (χ4n) is 1.84. The number of carbonyl (C=O) groups is 1. The maximum Gasteiger partial charge on any atom is 0.437 e. The standard InChI is InChI=1S/C14H13N5O3S2/c1-2-23-13-17-16-12(24-13)15-10(20)8-19-14(21)22-11(18-19)9-6-4-3-5-7-9/h3-7H,2,8H2,1H3,(H,15,16,20). The zero-order valence-electron chi connectivity index (χ0n) is 12.6. The molecular formula is C14H13N5O3S2. The van der Waals surface area contributed by atoms with Gasteiger partial charge >= 0.3 is 5.76 Å². The molecule has 10 heteroatoms. The Kier molecular flexibility index (Phi) is 5.06. The average molecular weight is 363 g/mol. The summed E-state index contributed by atoms with van der Waals surface area (Å²) >= 11 is 2.82. The molecule has 0 spiro atoms. The zero-order chi connectivity index (χ0) is 16.9. The summed E-state index contributed by atoms with van der Waals surface area (Å²) < 4.78 is 6.82. The van der Waals surface area contributed by atoms with Gasteiger partial charge in [-0.1, -0.05) is 48.2 Å². The monoisotopic (exact) mass is 363 g/mol. The molecule has 0 bridgehead atoms. The lowest BCUT2D eigenvalue weighted by molar-refractivity contribution is -0.117. The Hall–Kier alpha value is -2.46. The number of rotatable bonds is 6. The van der Waals surface area contributed by atoms with E-state index in [0.717, 1.165) is 14.8 Å². The van der Waals surface area contributed by atoms with Crippen LogP contribution in [0, 0.1) is 0 Å². The molecule has 0 aliphatic rings. The largest absolute Gasteiger partial charge is 0.437 e. The number of aromatic nitrogens is 4. The Balaban J connectivity index is 1.68. The Labute approximate surface area is 144 Å². The van der Waals surface area contributed by atoms with E-state index in [1.54, 1.807) is 23.9 Å². The molecule has 3 rings (SSSR count). The normalized spacial score (nSPS) is 10.7. The van der Waals surface area contributed by atoms with Crippen LogP contribution in [0.5, 0.6) is 0 Å². The third-order valence-corrected chi connectivity index (χ3v) is 4.70. The lowest BCUT2D eigenvalue weighted by Gasteiger charge is -1.99. The summed E-state index contributed by atoms with van der Waals surface area (Å²) in [6.07, 6.45) is 0. The molecule has 0 unspecified atom stereocenters. The van der Waals surface area contributed by atoms with E-state index in [-0.39, 0.29) is 12.4 Å². The minimum atomic E-state index is -0.691. The molecule has 2 aromatic heterocycles. The minimum Gasteiger partial charge on any atom is -0.388 e. The number of thioether (sulfide) groups is 1. The van der Waals surface area contributed by atoms with E-state index in [4.69, 9.17) is 4.42 Å². The molecule has 0 radical (unpaired) electrons. The van der Waals surface area contributed by atoms with Gasteiger partial charge in [0.05, 0.1) is 0 Å². The summed E-state index contributed by atoms with van der Waals surface area (Å²) in [5.74, 6) is -0.0669. The van der Waals surface area contributed by atoms with Crippen LogP contribution in [-0.4, -0.2) is 31.6 Å². The highest BCUT2D eigenvalue weighted by Crippen LogP contribution is 2.24. The third kappa shape index (κ3) is 3.89. The fraction of sp³-hybridized carbons (Fsp3) is 0.214. The van der Waals surface area contributed by atoms with Gasteiger partial charge in [0.2, 0.25) is 16.9 Å². The number of hydrogen-bond donors (Lipinski definition) is 1. The van der Waals surface area contributed by atoms with Gasteiger partial charge < -0.3 is 4.42 Å². The molecule has 1 N–H and O–H groups in total. The highest BCUT2D eigenvalue weighted by atomic mass is 32.2. The van der Waals surface area contributed by atoms with Gasteiger partial charge in [-0.2, -0.15) is 4.68 Å². The number of nitrogens with zero attached hydrogens (tertiary/aromatic N) is 4. The molecular weight excluding hydrogens is 350 g/mol. The summed E-state index contributed by atoms with van der Waals surface area (Å²) in [6.45, 7) is 1.75. The number of carbonyl (C=O) groups excluding carboxylic acids is 1. The van der Waals surface area contributed by atoms with Gasteiger partial charge in [-0.3, -0.25) is 10.1 Å². The molecule has 0 saturated carbocycles. The summed E-state index contributed by atoms with van der Waals surface area (Å²) in [4.78, 5) is 23.8. The second kappa shape index (κ2) is 7.41. The second-order valence-corrected chi connectivity index (χ2v) is 7.04. The van der Waals surface area contributed by atoms with Gasteiger partial charge in [-0.05, 0) is 17.9 Å². The Morgan fingerprint density at radius 2 is 2.12 bits per heavy atom. The van der Waals surface area contributed by atoms with Crippen molar-refractivity contribution in [3.63, 3.8) is 0 Å².